The first kappa shape index (κ1) is 15.5. The van der Waals surface area contributed by atoms with Gasteiger partial charge in [0.15, 0.2) is 0 Å². The highest BCUT2D eigenvalue weighted by molar-refractivity contribution is 8.06. The first-order chi connectivity index (χ1) is 9.83. The second-order valence-corrected chi connectivity index (χ2v) is 9.14. The van der Waals surface area contributed by atoms with Crippen molar-refractivity contribution in [3.63, 3.8) is 0 Å². The molecule has 3 fully saturated rings. The third-order valence-electron chi connectivity index (χ3n) is 5.38. The lowest BCUT2D eigenvalue weighted by Crippen LogP contribution is -2.51. The van der Waals surface area contributed by atoms with Gasteiger partial charge in [-0.2, -0.15) is 23.5 Å². The molecule has 3 unspecified atom stereocenters. The van der Waals surface area contributed by atoms with E-state index >= 15 is 0 Å². The van der Waals surface area contributed by atoms with Crippen LogP contribution in [0.4, 0.5) is 0 Å². The van der Waals surface area contributed by atoms with Gasteiger partial charge in [0, 0.05) is 35.2 Å². The molecule has 1 N–H and O–H groups in total. The van der Waals surface area contributed by atoms with Crippen molar-refractivity contribution in [2.75, 3.05) is 30.9 Å². The molecule has 0 aromatic carbocycles. The predicted octanol–water partition coefficient (Wildman–Crippen LogP) is 3.55. The van der Waals surface area contributed by atoms with Gasteiger partial charge >= 0.3 is 0 Å². The smallest absolute Gasteiger partial charge is 0.0685 e. The maximum absolute atomic E-state index is 6.28. The molecule has 2 saturated heterocycles. The number of thioether (sulfide) groups is 2. The summed E-state index contributed by atoms with van der Waals surface area (Å²) in [6, 6.07) is 0.690. The quantitative estimate of drug-likeness (QED) is 0.859. The highest BCUT2D eigenvalue weighted by atomic mass is 32.2. The summed E-state index contributed by atoms with van der Waals surface area (Å²) in [4.78, 5) is 0. The van der Waals surface area contributed by atoms with Gasteiger partial charge in [-0.3, -0.25) is 0 Å². The fraction of sp³-hybridized carbons (Fsp3) is 1.00. The van der Waals surface area contributed by atoms with E-state index in [0.717, 1.165) is 17.8 Å². The fourth-order valence-corrected chi connectivity index (χ4v) is 7.36. The Hall–Kier alpha value is 0.620. The van der Waals surface area contributed by atoms with Crippen LogP contribution in [0.15, 0.2) is 0 Å². The van der Waals surface area contributed by atoms with Gasteiger partial charge in [0.1, 0.15) is 0 Å². The van der Waals surface area contributed by atoms with E-state index < -0.39 is 0 Å². The van der Waals surface area contributed by atoms with Crippen molar-refractivity contribution in [3.05, 3.63) is 0 Å². The molecule has 3 rings (SSSR count). The van der Waals surface area contributed by atoms with E-state index in [9.17, 15) is 0 Å². The lowest BCUT2D eigenvalue weighted by molar-refractivity contribution is -0.121. The van der Waals surface area contributed by atoms with Gasteiger partial charge < -0.3 is 10.1 Å². The highest BCUT2D eigenvalue weighted by Gasteiger charge is 2.42. The molecule has 0 aromatic heterocycles. The molecule has 3 aliphatic rings. The van der Waals surface area contributed by atoms with Gasteiger partial charge in [0.05, 0.1) is 5.60 Å². The van der Waals surface area contributed by atoms with E-state index in [2.05, 4.69) is 35.9 Å². The van der Waals surface area contributed by atoms with Gasteiger partial charge in [0.25, 0.3) is 0 Å². The molecule has 1 aliphatic carbocycles. The monoisotopic (exact) mass is 315 g/mol. The zero-order valence-electron chi connectivity index (χ0n) is 12.7. The van der Waals surface area contributed by atoms with Crippen molar-refractivity contribution in [2.45, 2.75) is 61.8 Å². The average Bonchev–Trinajstić information content (AvgIpc) is 2.50. The molecule has 0 aromatic rings. The third kappa shape index (κ3) is 3.50. The molecule has 0 radical (unpaired) electrons. The topological polar surface area (TPSA) is 21.3 Å². The van der Waals surface area contributed by atoms with E-state index in [1.165, 1.54) is 62.2 Å². The Morgan fingerprint density at radius 3 is 2.75 bits per heavy atom. The first-order valence-corrected chi connectivity index (χ1v) is 10.5. The van der Waals surface area contributed by atoms with E-state index in [-0.39, 0.29) is 5.60 Å². The Labute approximate surface area is 132 Å². The van der Waals surface area contributed by atoms with Gasteiger partial charge in [-0.1, -0.05) is 19.3 Å². The molecule has 116 valence electrons. The summed E-state index contributed by atoms with van der Waals surface area (Å²) in [5.74, 6) is 4.83. The first-order valence-electron chi connectivity index (χ1n) is 8.34. The van der Waals surface area contributed by atoms with Crippen LogP contribution in [0.25, 0.3) is 0 Å². The summed E-state index contributed by atoms with van der Waals surface area (Å²) in [6.45, 7) is 0.993. The fourth-order valence-electron chi connectivity index (χ4n) is 4.36. The average molecular weight is 316 g/mol. The van der Waals surface area contributed by atoms with Crippen molar-refractivity contribution >= 4 is 23.5 Å². The van der Waals surface area contributed by atoms with E-state index in [1.54, 1.807) is 0 Å². The Morgan fingerprint density at radius 1 is 1.20 bits per heavy atom. The SMILES string of the molecule is CNC(C1CCOC2(CCCCC2)C1)C1CSCCS1. The summed E-state index contributed by atoms with van der Waals surface area (Å²) in [5.41, 5.74) is 0.253. The Balaban J connectivity index is 1.64. The maximum atomic E-state index is 6.28. The molecule has 1 spiro atoms. The van der Waals surface area contributed by atoms with Gasteiger partial charge in [0.2, 0.25) is 0 Å². The van der Waals surface area contributed by atoms with Gasteiger partial charge in [-0.25, -0.2) is 0 Å². The van der Waals surface area contributed by atoms with E-state index in [0.29, 0.717) is 6.04 Å². The number of hydrogen-bond acceptors (Lipinski definition) is 4. The predicted molar refractivity (Wildman–Crippen MR) is 90.9 cm³/mol. The van der Waals surface area contributed by atoms with Crippen LogP contribution in [-0.2, 0) is 4.74 Å². The highest BCUT2D eigenvalue weighted by Crippen LogP contribution is 2.43. The number of rotatable bonds is 3. The molecular weight excluding hydrogens is 286 g/mol. The van der Waals surface area contributed by atoms with E-state index in [1.807, 2.05) is 0 Å². The Morgan fingerprint density at radius 2 is 2.05 bits per heavy atom. The van der Waals surface area contributed by atoms with Crippen LogP contribution in [0.2, 0.25) is 0 Å². The lowest BCUT2D eigenvalue weighted by atomic mass is 9.73. The molecule has 2 aliphatic heterocycles. The minimum absolute atomic E-state index is 0.253. The molecule has 2 nitrogen and oxygen atoms in total. The van der Waals surface area contributed by atoms with Crippen LogP contribution < -0.4 is 5.32 Å². The summed E-state index contributed by atoms with van der Waals surface area (Å²) in [7, 11) is 2.17. The minimum atomic E-state index is 0.253. The largest absolute Gasteiger partial charge is 0.375 e. The van der Waals surface area contributed by atoms with Gasteiger partial charge in [-0.15, -0.1) is 0 Å². The van der Waals surface area contributed by atoms with Crippen molar-refractivity contribution in [3.8, 4) is 0 Å². The molecule has 1 saturated carbocycles. The number of ether oxygens (including phenoxy) is 1. The van der Waals surface area contributed by atoms with Crippen LogP contribution in [0.5, 0.6) is 0 Å². The minimum Gasteiger partial charge on any atom is -0.375 e. The van der Waals surface area contributed by atoms with E-state index in [4.69, 9.17) is 4.74 Å². The standard InChI is InChI=1S/C16H29NOS2/c1-17-15(14-12-19-9-10-20-14)13-5-8-18-16(11-13)6-3-2-4-7-16/h13-15,17H,2-12H2,1H3. The zero-order valence-corrected chi connectivity index (χ0v) is 14.4. The molecule has 0 bridgehead atoms. The van der Waals surface area contributed by atoms with Crippen LogP contribution >= 0.6 is 23.5 Å². The molecule has 4 heteroatoms. The third-order valence-corrected chi connectivity index (χ3v) is 8.26. The number of nitrogens with one attached hydrogen (secondary N) is 1. The van der Waals surface area contributed by atoms with Gasteiger partial charge in [-0.05, 0) is 38.6 Å². The van der Waals surface area contributed by atoms with Crippen LogP contribution in [0, 0.1) is 5.92 Å². The lowest BCUT2D eigenvalue weighted by Gasteiger charge is -2.47. The van der Waals surface area contributed by atoms with Crippen LogP contribution in [0.3, 0.4) is 0 Å². The Bertz CT molecular complexity index is 295. The van der Waals surface area contributed by atoms with Crippen molar-refractivity contribution < 1.29 is 4.74 Å². The molecule has 0 amide bonds. The second-order valence-electron chi connectivity index (χ2n) is 6.64. The van der Waals surface area contributed by atoms with Crippen LogP contribution in [0.1, 0.15) is 44.9 Å². The maximum Gasteiger partial charge on any atom is 0.0685 e. The molecule has 2 heterocycles. The Kier molecular flexibility index (Phi) is 5.63. The zero-order chi connectivity index (χ0) is 13.8. The summed E-state index contributed by atoms with van der Waals surface area (Å²) < 4.78 is 6.28. The van der Waals surface area contributed by atoms with Crippen molar-refractivity contribution in [2.24, 2.45) is 5.92 Å². The normalized spacial score (nSPS) is 35.9. The summed E-state index contributed by atoms with van der Waals surface area (Å²) in [5, 5.41) is 4.48. The molecular formula is C16H29NOS2. The molecule has 20 heavy (non-hydrogen) atoms. The summed E-state index contributed by atoms with van der Waals surface area (Å²) >= 11 is 4.35. The second kappa shape index (κ2) is 7.26. The number of hydrogen-bond donors (Lipinski definition) is 1. The summed E-state index contributed by atoms with van der Waals surface area (Å²) in [6.07, 6.45) is 9.37. The molecule has 3 atom stereocenters. The van der Waals surface area contributed by atoms with Crippen LogP contribution in [-0.4, -0.2) is 47.8 Å². The van der Waals surface area contributed by atoms with Crippen molar-refractivity contribution in [1.29, 1.82) is 0 Å². The van der Waals surface area contributed by atoms with Crippen molar-refractivity contribution in [1.82, 2.24) is 5.32 Å².